The predicted octanol–water partition coefficient (Wildman–Crippen LogP) is 3.15. The normalized spacial score (nSPS) is 18.4. The Bertz CT molecular complexity index is 596. The first-order valence-corrected chi connectivity index (χ1v) is 5.48. The first-order chi connectivity index (χ1) is 8.56. The second kappa shape index (κ2) is 4.92. The lowest BCUT2D eigenvalue weighted by molar-refractivity contribution is 0.0662. The lowest BCUT2D eigenvalue weighted by Crippen LogP contribution is -1.97. The fourth-order valence-electron chi connectivity index (χ4n) is 1.57. The summed E-state index contributed by atoms with van der Waals surface area (Å²) in [6.45, 7) is 1.92. The number of aromatic carboxylic acids is 1. The van der Waals surface area contributed by atoms with Gasteiger partial charge in [0.15, 0.2) is 5.76 Å². The molecule has 92 valence electrons. The number of furan rings is 1. The minimum atomic E-state index is -1.15. The van der Waals surface area contributed by atoms with Crippen LogP contribution in [-0.2, 0) is 0 Å². The highest BCUT2D eigenvalue weighted by atomic mass is 19.1. The Morgan fingerprint density at radius 1 is 1.50 bits per heavy atom. The van der Waals surface area contributed by atoms with Crippen molar-refractivity contribution in [3.8, 4) is 11.8 Å². The van der Waals surface area contributed by atoms with Gasteiger partial charge in [0, 0.05) is 6.42 Å². The fraction of sp³-hybridized carbons (Fsp3) is 0.214. The van der Waals surface area contributed by atoms with Gasteiger partial charge in [0.2, 0.25) is 5.76 Å². The van der Waals surface area contributed by atoms with Crippen LogP contribution in [-0.4, -0.2) is 11.1 Å². The van der Waals surface area contributed by atoms with E-state index in [9.17, 15) is 9.18 Å². The molecule has 3 nitrogen and oxygen atoms in total. The summed E-state index contributed by atoms with van der Waals surface area (Å²) in [6.07, 6.45) is 3.87. The monoisotopic (exact) mass is 246 g/mol. The summed E-state index contributed by atoms with van der Waals surface area (Å²) in [4.78, 5) is 10.6. The van der Waals surface area contributed by atoms with Crippen molar-refractivity contribution in [1.82, 2.24) is 0 Å². The van der Waals surface area contributed by atoms with Crippen LogP contribution in [0.5, 0.6) is 0 Å². The van der Waals surface area contributed by atoms with Gasteiger partial charge in [0.25, 0.3) is 0 Å². The van der Waals surface area contributed by atoms with E-state index in [4.69, 9.17) is 9.52 Å². The van der Waals surface area contributed by atoms with E-state index in [0.29, 0.717) is 12.0 Å². The first kappa shape index (κ1) is 12.2. The minimum absolute atomic E-state index is 0.178. The quantitative estimate of drug-likeness (QED) is 0.774. The van der Waals surface area contributed by atoms with Crippen LogP contribution in [0.1, 0.15) is 29.7 Å². The zero-order valence-electron chi connectivity index (χ0n) is 9.74. The molecule has 1 N–H and O–H groups in total. The Labute approximate surface area is 104 Å². The van der Waals surface area contributed by atoms with E-state index in [2.05, 4.69) is 11.8 Å². The van der Waals surface area contributed by atoms with E-state index in [0.717, 1.165) is 0 Å². The highest BCUT2D eigenvalue weighted by Gasteiger charge is 2.11. The van der Waals surface area contributed by atoms with Gasteiger partial charge in [-0.2, -0.15) is 0 Å². The maximum absolute atomic E-state index is 13.5. The predicted molar refractivity (Wildman–Crippen MR) is 63.6 cm³/mol. The van der Waals surface area contributed by atoms with Crippen LogP contribution in [0.4, 0.5) is 4.39 Å². The number of allylic oxidation sites excluding steroid dienone is 4. The molecule has 1 aromatic rings. The van der Waals surface area contributed by atoms with Crippen molar-refractivity contribution in [2.45, 2.75) is 13.3 Å². The van der Waals surface area contributed by atoms with Gasteiger partial charge < -0.3 is 9.52 Å². The smallest absolute Gasteiger partial charge is 0.371 e. The van der Waals surface area contributed by atoms with Gasteiger partial charge in [0.1, 0.15) is 5.83 Å². The average molecular weight is 246 g/mol. The number of rotatable bonds is 1. The second-order valence-electron chi connectivity index (χ2n) is 4.08. The van der Waals surface area contributed by atoms with Crippen molar-refractivity contribution < 1.29 is 18.7 Å². The Kier molecular flexibility index (Phi) is 3.33. The minimum Gasteiger partial charge on any atom is -0.475 e. The molecule has 1 heterocycles. The molecule has 1 aliphatic carbocycles. The van der Waals surface area contributed by atoms with E-state index in [-0.39, 0.29) is 23.3 Å². The van der Waals surface area contributed by atoms with Crippen molar-refractivity contribution in [2.24, 2.45) is 5.92 Å². The van der Waals surface area contributed by atoms with Crippen LogP contribution in [0.15, 0.2) is 40.1 Å². The highest BCUT2D eigenvalue weighted by molar-refractivity contribution is 5.84. The summed E-state index contributed by atoms with van der Waals surface area (Å²) in [6, 6.07) is 2.76. The van der Waals surface area contributed by atoms with Crippen molar-refractivity contribution in [2.75, 3.05) is 0 Å². The standard InChI is InChI=1S/C14H11FO3/c1-9-2-3-10(12(15)8-9)4-5-11-6-7-13(18-11)14(16)17/h2-3,6-7,9H,8H2,1H3,(H,16,17). The first-order valence-electron chi connectivity index (χ1n) is 5.48. The van der Waals surface area contributed by atoms with Crippen LogP contribution in [0.25, 0.3) is 0 Å². The molecular weight excluding hydrogens is 235 g/mol. The molecule has 0 spiro atoms. The molecule has 1 aliphatic rings. The highest BCUT2D eigenvalue weighted by Crippen LogP contribution is 2.23. The van der Waals surface area contributed by atoms with Gasteiger partial charge in [-0.1, -0.05) is 18.9 Å². The van der Waals surface area contributed by atoms with E-state index >= 15 is 0 Å². The Balaban J connectivity index is 2.19. The maximum Gasteiger partial charge on any atom is 0.371 e. The number of hydrogen-bond acceptors (Lipinski definition) is 2. The summed E-state index contributed by atoms with van der Waals surface area (Å²) in [5.74, 6) is 4.05. The number of carboxylic acids is 1. The lowest BCUT2D eigenvalue weighted by Gasteiger charge is -2.09. The zero-order chi connectivity index (χ0) is 13.1. The average Bonchev–Trinajstić information content (AvgIpc) is 2.76. The molecule has 1 unspecified atom stereocenters. The van der Waals surface area contributed by atoms with Gasteiger partial charge in [-0.05, 0) is 30.0 Å². The third-order valence-corrected chi connectivity index (χ3v) is 2.52. The molecule has 0 aliphatic heterocycles. The number of carbonyl (C=O) groups is 1. The summed E-state index contributed by atoms with van der Waals surface area (Å²) in [7, 11) is 0. The van der Waals surface area contributed by atoms with E-state index in [1.54, 1.807) is 6.08 Å². The van der Waals surface area contributed by atoms with Gasteiger partial charge >= 0.3 is 5.97 Å². The molecule has 0 saturated heterocycles. The molecule has 0 saturated carbocycles. The molecular formula is C14H11FO3. The van der Waals surface area contributed by atoms with Crippen LogP contribution in [0.3, 0.4) is 0 Å². The van der Waals surface area contributed by atoms with Crippen LogP contribution >= 0.6 is 0 Å². The number of carboxylic acid groups (broad SMARTS) is 1. The third-order valence-electron chi connectivity index (χ3n) is 2.52. The van der Waals surface area contributed by atoms with Crippen molar-refractivity contribution >= 4 is 5.97 Å². The number of halogens is 1. The molecule has 1 atom stereocenters. The second-order valence-corrected chi connectivity index (χ2v) is 4.08. The molecule has 2 rings (SSSR count). The summed E-state index contributed by atoms with van der Waals surface area (Å²) >= 11 is 0. The van der Waals surface area contributed by atoms with E-state index in [1.165, 1.54) is 12.1 Å². The summed E-state index contributed by atoms with van der Waals surface area (Å²) < 4.78 is 18.5. The fourth-order valence-corrected chi connectivity index (χ4v) is 1.57. The van der Waals surface area contributed by atoms with Gasteiger partial charge in [0.05, 0.1) is 5.57 Å². The molecule has 0 bridgehead atoms. The Hall–Kier alpha value is -2.28. The van der Waals surface area contributed by atoms with Crippen LogP contribution < -0.4 is 0 Å². The third kappa shape index (κ3) is 2.69. The maximum atomic E-state index is 13.5. The molecule has 0 radical (unpaired) electrons. The molecule has 18 heavy (non-hydrogen) atoms. The topological polar surface area (TPSA) is 50.4 Å². The SMILES string of the molecule is CC1C=CC(C#Cc2ccc(C(=O)O)o2)=C(F)C1. The van der Waals surface area contributed by atoms with Crippen molar-refractivity contribution in [3.63, 3.8) is 0 Å². The largest absolute Gasteiger partial charge is 0.475 e. The Morgan fingerprint density at radius 3 is 2.89 bits per heavy atom. The molecule has 4 heteroatoms. The van der Waals surface area contributed by atoms with E-state index in [1.807, 2.05) is 13.0 Å². The molecule has 0 fully saturated rings. The van der Waals surface area contributed by atoms with Gasteiger partial charge in [-0.25, -0.2) is 9.18 Å². The molecule has 0 aromatic carbocycles. The van der Waals surface area contributed by atoms with Gasteiger partial charge in [-0.15, -0.1) is 0 Å². The Morgan fingerprint density at radius 2 is 2.28 bits per heavy atom. The van der Waals surface area contributed by atoms with Crippen molar-refractivity contribution in [1.29, 1.82) is 0 Å². The zero-order valence-corrected chi connectivity index (χ0v) is 9.74. The molecule has 1 aromatic heterocycles. The summed E-state index contributed by atoms with van der Waals surface area (Å²) in [5, 5.41) is 8.66. The van der Waals surface area contributed by atoms with Crippen LogP contribution in [0, 0.1) is 17.8 Å². The number of hydrogen-bond donors (Lipinski definition) is 1. The van der Waals surface area contributed by atoms with Gasteiger partial charge in [-0.3, -0.25) is 0 Å². The lowest BCUT2D eigenvalue weighted by atomic mass is 9.97. The van der Waals surface area contributed by atoms with Crippen molar-refractivity contribution in [3.05, 3.63) is 47.2 Å². The molecule has 0 amide bonds. The van der Waals surface area contributed by atoms with Crippen LogP contribution in [0.2, 0.25) is 0 Å². The summed E-state index contributed by atoms with van der Waals surface area (Å²) in [5.41, 5.74) is 0.321. The van der Waals surface area contributed by atoms with E-state index < -0.39 is 5.97 Å².